The highest BCUT2D eigenvalue weighted by molar-refractivity contribution is 6.03. The fraction of sp³-hybridized carbons (Fsp3) is 0.333. The smallest absolute Gasteiger partial charge is 0.273 e. The average molecular weight is 257 g/mol. The number of hydrogen-bond donors (Lipinski definition) is 2. The molecule has 0 radical (unpaired) electrons. The zero-order valence-electron chi connectivity index (χ0n) is 11.7. The van der Waals surface area contributed by atoms with E-state index < -0.39 is 0 Å². The van der Waals surface area contributed by atoms with Crippen LogP contribution in [0.25, 0.3) is 0 Å². The SMILES string of the molecule is Cc1ncc(C(=O)Nc2ccccc2C(C)(C)C)[nH]1. The summed E-state index contributed by atoms with van der Waals surface area (Å²) in [6.07, 6.45) is 1.55. The van der Waals surface area contributed by atoms with Gasteiger partial charge < -0.3 is 10.3 Å². The van der Waals surface area contributed by atoms with Crippen LogP contribution >= 0.6 is 0 Å². The molecule has 1 amide bonds. The normalized spacial score (nSPS) is 11.4. The fourth-order valence-corrected chi connectivity index (χ4v) is 1.97. The van der Waals surface area contributed by atoms with Crippen LogP contribution in [-0.2, 0) is 5.41 Å². The van der Waals surface area contributed by atoms with Crippen LogP contribution in [0.1, 0.15) is 42.6 Å². The van der Waals surface area contributed by atoms with Gasteiger partial charge >= 0.3 is 0 Å². The zero-order chi connectivity index (χ0) is 14.0. The van der Waals surface area contributed by atoms with Crippen molar-refractivity contribution in [2.24, 2.45) is 0 Å². The molecular formula is C15H19N3O. The molecule has 0 atom stereocenters. The number of nitrogens with zero attached hydrogens (tertiary/aromatic N) is 1. The van der Waals surface area contributed by atoms with E-state index in [0.717, 1.165) is 17.1 Å². The van der Waals surface area contributed by atoms with Gasteiger partial charge in [0, 0.05) is 5.69 Å². The standard InChI is InChI=1S/C15H19N3O/c1-10-16-9-13(17-10)14(19)18-12-8-6-5-7-11(12)15(2,3)4/h5-9H,1-4H3,(H,16,17)(H,18,19). The van der Waals surface area contributed by atoms with Gasteiger partial charge in [-0.1, -0.05) is 39.0 Å². The summed E-state index contributed by atoms with van der Waals surface area (Å²) in [5, 5.41) is 2.94. The molecule has 2 N–H and O–H groups in total. The minimum absolute atomic E-state index is 0.0201. The third-order valence-corrected chi connectivity index (χ3v) is 2.93. The number of imidazole rings is 1. The Kier molecular flexibility index (Phi) is 3.42. The van der Waals surface area contributed by atoms with Crippen LogP contribution in [0.3, 0.4) is 0 Å². The number of benzene rings is 1. The molecular weight excluding hydrogens is 238 g/mol. The number of carbonyl (C=O) groups is 1. The molecule has 0 unspecified atom stereocenters. The van der Waals surface area contributed by atoms with Gasteiger partial charge in [0.15, 0.2) is 0 Å². The van der Waals surface area contributed by atoms with Crippen molar-refractivity contribution < 1.29 is 4.79 Å². The molecule has 0 fully saturated rings. The van der Waals surface area contributed by atoms with Gasteiger partial charge in [-0.25, -0.2) is 4.98 Å². The number of amides is 1. The number of aryl methyl sites for hydroxylation is 1. The summed E-state index contributed by atoms with van der Waals surface area (Å²) in [5.41, 5.74) is 2.40. The molecule has 0 bridgehead atoms. The Bertz CT molecular complexity index is 593. The van der Waals surface area contributed by atoms with Crippen molar-refractivity contribution in [3.05, 3.63) is 47.5 Å². The maximum Gasteiger partial charge on any atom is 0.273 e. The Balaban J connectivity index is 2.27. The van der Waals surface area contributed by atoms with Crippen LogP contribution in [0.2, 0.25) is 0 Å². The summed E-state index contributed by atoms with van der Waals surface area (Å²) in [7, 11) is 0. The molecule has 0 spiro atoms. The molecule has 1 heterocycles. The minimum atomic E-state index is -0.169. The molecule has 100 valence electrons. The number of aromatic amines is 1. The first kappa shape index (κ1) is 13.3. The molecule has 0 aliphatic carbocycles. The van der Waals surface area contributed by atoms with E-state index in [1.165, 1.54) is 0 Å². The Labute approximate surface area is 113 Å². The minimum Gasteiger partial charge on any atom is -0.338 e. The quantitative estimate of drug-likeness (QED) is 0.867. The second-order valence-corrected chi connectivity index (χ2v) is 5.63. The van der Waals surface area contributed by atoms with E-state index in [4.69, 9.17) is 0 Å². The van der Waals surface area contributed by atoms with E-state index in [2.05, 4.69) is 36.1 Å². The molecule has 0 saturated heterocycles. The average Bonchev–Trinajstić information content (AvgIpc) is 2.75. The van der Waals surface area contributed by atoms with Gasteiger partial charge in [-0.15, -0.1) is 0 Å². The van der Waals surface area contributed by atoms with Gasteiger partial charge in [0.25, 0.3) is 5.91 Å². The molecule has 2 aromatic rings. The lowest BCUT2D eigenvalue weighted by Crippen LogP contribution is -2.18. The predicted octanol–water partition coefficient (Wildman–Crippen LogP) is 3.27. The number of aromatic nitrogens is 2. The number of nitrogens with one attached hydrogen (secondary N) is 2. The van der Waals surface area contributed by atoms with Crippen molar-refractivity contribution in [2.45, 2.75) is 33.1 Å². The van der Waals surface area contributed by atoms with E-state index in [0.29, 0.717) is 5.69 Å². The van der Waals surface area contributed by atoms with Gasteiger partial charge in [0.1, 0.15) is 11.5 Å². The lowest BCUT2D eigenvalue weighted by molar-refractivity contribution is 0.102. The lowest BCUT2D eigenvalue weighted by atomic mass is 9.86. The summed E-state index contributed by atoms with van der Waals surface area (Å²) in [6, 6.07) is 7.86. The van der Waals surface area contributed by atoms with Crippen molar-refractivity contribution >= 4 is 11.6 Å². The summed E-state index contributed by atoms with van der Waals surface area (Å²) < 4.78 is 0. The highest BCUT2D eigenvalue weighted by Crippen LogP contribution is 2.29. The van der Waals surface area contributed by atoms with Crippen molar-refractivity contribution in [1.29, 1.82) is 0 Å². The van der Waals surface area contributed by atoms with E-state index in [1.54, 1.807) is 6.20 Å². The Hall–Kier alpha value is -2.10. The third kappa shape index (κ3) is 3.02. The first-order valence-corrected chi connectivity index (χ1v) is 6.30. The van der Waals surface area contributed by atoms with E-state index in [9.17, 15) is 4.79 Å². The predicted molar refractivity (Wildman–Crippen MR) is 76.4 cm³/mol. The van der Waals surface area contributed by atoms with Crippen LogP contribution in [0.4, 0.5) is 5.69 Å². The number of para-hydroxylation sites is 1. The lowest BCUT2D eigenvalue weighted by Gasteiger charge is -2.22. The number of carbonyl (C=O) groups excluding carboxylic acids is 1. The monoisotopic (exact) mass is 257 g/mol. The van der Waals surface area contributed by atoms with Crippen molar-refractivity contribution in [2.75, 3.05) is 5.32 Å². The van der Waals surface area contributed by atoms with E-state index >= 15 is 0 Å². The molecule has 0 aliphatic rings. The summed E-state index contributed by atoms with van der Waals surface area (Å²) in [6.45, 7) is 8.19. The first-order valence-electron chi connectivity index (χ1n) is 6.30. The molecule has 4 nitrogen and oxygen atoms in total. The molecule has 2 rings (SSSR count). The number of H-pyrrole nitrogens is 1. The highest BCUT2D eigenvalue weighted by Gasteiger charge is 2.19. The Morgan fingerprint density at radius 3 is 2.53 bits per heavy atom. The summed E-state index contributed by atoms with van der Waals surface area (Å²) >= 11 is 0. The third-order valence-electron chi connectivity index (χ3n) is 2.93. The van der Waals surface area contributed by atoms with Crippen molar-refractivity contribution in [3.8, 4) is 0 Å². The maximum atomic E-state index is 12.1. The van der Waals surface area contributed by atoms with Crippen LogP contribution in [0.15, 0.2) is 30.5 Å². The zero-order valence-corrected chi connectivity index (χ0v) is 11.7. The molecule has 0 saturated carbocycles. The molecule has 1 aromatic heterocycles. The van der Waals surface area contributed by atoms with Gasteiger partial charge in [-0.2, -0.15) is 0 Å². The van der Waals surface area contributed by atoms with Crippen LogP contribution in [-0.4, -0.2) is 15.9 Å². The van der Waals surface area contributed by atoms with E-state index in [1.807, 2.05) is 31.2 Å². The number of rotatable bonds is 2. The number of hydrogen-bond acceptors (Lipinski definition) is 2. The van der Waals surface area contributed by atoms with Gasteiger partial charge in [0.05, 0.1) is 6.20 Å². The largest absolute Gasteiger partial charge is 0.338 e. The molecule has 19 heavy (non-hydrogen) atoms. The maximum absolute atomic E-state index is 12.1. The first-order chi connectivity index (χ1) is 8.88. The Morgan fingerprint density at radius 1 is 1.26 bits per heavy atom. The van der Waals surface area contributed by atoms with Gasteiger partial charge in [0.2, 0.25) is 0 Å². The van der Waals surface area contributed by atoms with Crippen molar-refractivity contribution in [1.82, 2.24) is 9.97 Å². The molecule has 4 heteroatoms. The van der Waals surface area contributed by atoms with Crippen LogP contribution in [0.5, 0.6) is 0 Å². The van der Waals surface area contributed by atoms with Gasteiger partial charge in [-0.05, 0) is 24.0 Å². The summed E-state index contributed by atoms with van der Waals surface area (Å²) in [5.74, 6) is 0.562. The van der Waals surface area contributed by atoms with Gasteiger partial charge in [-0.3, -0.25) is 4.79 Å². The fourth-order valence-electron chi connectivity index (χ4n) is 1.97. The van der Waals surface area contributed by atoms with Crippen LogP contribution < -0.4 is 5.32 Å². The highest BCUT2D eigenvalue weighted by atomic mass is 16.1. The number of anilines is 1. The molecule has 1 aromatic carbocycles. The second-order valence-electron chi connectivity index (χ2n) is 5.63. The topological polar surface area (TPSA) is 57.8 Å². The van der Waals surface area contributed by atoms with E-state index in [-0.39, 0.29) is 11.3 Å². The Morgan fingerprint density at radius 2 is 1.95 bits per heavy atom. The van der Waals surface area contributed by atoms with Crippen molar-refractivity contribution in [3.63, 3.8) is 0 Å². The van der Waals surface area contributed by atoms with Crippen LogP contribution in [0, 0.1) is 6.92 Å². The second kappa shape index (κ2) is 4.88. The molecule has 0 aliphatic heterocycles. The summed E-state index contributed by atoms with van der Waals surface area (Å²) in [4.78, 5) is 19.1.